The molecule has 8 aromatic carbocycles. The van der Waals surface area contributed by atoms with Gasteiger partial charge in [0.1, 0.15) is 0 Å². The van der Waals surface area contributed by atoms with Crippen molar-refractivity contribution < 1.29 is 80.6 Å². The van der Waals surface area contributed by atoms with Crippen LogP contribution in [0.15, 0.2) is 240 Å². The van der Waals surface area contributed by atoms with Gasteiger partial charge < -0.3 is 28.8 Å². The van der Waals surface area contributed by atoms with Gasteiger partial charge in [-0.3, -0.25) is 0 Å². The molecular weight excluding hydrogens is 1730 g/mol. The van der Waals surface area contributed by atoms with E-state index in [1.54, 1.807) is 85.1 Å². The summed E-state index contributed by atoms with van der Waals surface area (Å²) >= 11 is 0. The molecule has 0 N–H and O–H groups in total. The molecule has 0 bridgehead atoms. The van der Waals surface area contributed by atoms with Gasteiger partial charge in [-0.1, -0.05) is 251 Å². The number of benzene rings is 8. The number of aromatic nitrogens is 6. The second-order valence-electron chi connectivity index (χ2n) is 29.6. The molecule has 0 saturated carbocycles. The summed E-state index contributed by atoms with van der Waals surface area (Å²) in [7, 11) is -3.66. The van der Waals surface area contributed by atoms with Crippen LogP contribution in [0.4, 0.5) is 0 Å². The number of fused-ring (bicyclic) bond motifs is 6. The molecular formula is C98H94Ir2N6O2Si2-4. The van der Waals surface area contributed by atoms with Crippen LogP contribution < -0.4 is 10.4 Å². The van der Waals surface area contributed by atoms with E-state index in [0.29, 0.717) is 107 Å². The molecule has 0 fully saturated rings. The number of nitrogens with zero attached hydrogens (tertiary/aromatic N) is 6. The zero-order valence-corrected chi connectivity index (χ0v) is 69.4. The number of aryl methyl sites for hydroxylation is 9. The molecule has 0 atom stereocenters. The molecule has 0 unspecified atom stereocenters. The van der Waals surface area contributed by atoms with Crippen LogP contribution >= 0.6 is 0 Å². The van der Waals surface area contributed by atoms with Crippen LogP contribution in [0, 0.1) is 91.5 Å². The summed E-state index contributed by atoms with van der Waals surface area (Å²) < 4.78 is 197. The van der Waals surface area contributed by atoms with Crippen molar-refractivity contribution >= 4 is 70.7 Å². The number of rotatable bonds is 11. The number of hydrogen-bond acceptors (Lipinski definition) is 8. The Bertz CT molecular complexity index is 6660. The van der Waals surface area contributed by atoms with Gasteiger partial charge in [0.25, 0.3) is 0 Å². The summed E-state index contributed by atoms with van der Waals surface area (Å²) in [4.78, 5) is 26.6. The molecule has 16 rings (SSSR count). The first-order valence-electron chi connectivity index (χ1n) is 46.8. The van der Waals surface area contributed by atoms with Crippen LogP contribution in [0.3, 0.4) is 0 Å². The van der Waals surface area contributed by atoms with E-state index in [4.69, 9.17) is 40.4 Å². The van der Waals surface area contributed by atoms with Crippen LogP contribution in [0.1, 0.15) is 108 Å². The summed E-state index contributed by atoms with van der Waals surface area (Å²) in [5.74, 6) is 0. The van der Waals surface area contributed by atoms with Gasteiger partial charge in [0.2, 0.25) is 11.4 Å². The van der Waals surface area contributed by atoms with Crippen LogP contribution in [0.25, 0.3) is 134 Å². The summed E-state index contributed by atoms with van der Waals surface area (Å²) in [5, 5.41) is 5.36. The zero-order valence-electron chi connectivity index (χ0n) is 85.6. The Morgan fingerprint density at radius 1 is 0.391 bits per heavy atom. The fourth-order valence-corrected chi connectivity index (χ4v) is 14.9. The molecule has 0 spiro atoms. The normalized spacial score (nSPS) is 15.5. The Labute approximate surface area is 711 Å². The maximum atomic E-state index is 8.39. The topological polar surface area (TPSA) is 104 Å². The Kier molecular flexibility index (Phi) is 17.2. The van der Waals surface area contributed by atoms with Gasteiger partial charge in [0, 0.05) is 119 Å². The second-order valence-corrected chi connectivity index (χ2v) is 39.7. The quantitative estimate of drug-likeness (QED) is 0.0932. The van der Waals surface area contributed by atoms with Gasteiger partial charge >= 0.3 is 0 Å². The van der Waals surface area contributed by atoms with Crippen molar-refractivity contribution in [2.45, 2.75) is 128 Å². The van der Waals surface area contributed by atoms with E-state index in [1.165, 1.54) is 36.8 Å². The van der Waals surface area contributed by atoms with Crippen molar-refractivity contribution in [3.63, 3.8) is 0 Å². The molecule has 8 aromatic heterocycles. The first-order valence-corrected chi connectivity index (χ1v) is 42.3. The summed E-state index contributed by atoms with van der Waals surface area (Å²) in [6.07, 6.45) is 3.96. The molecule has 2 radical (unpaired) electrons. The van der Waals surface area contributed by atoms with E-state index in [1.807, 2.05) is 144 Å². The molecule has 0 amide bonds. The van der Waals surface area contributed by atoms with Crippen LogP contribution in [-0.2, 0) is 46.6 Å². The van der Waals surface area contributed by atoms with Gasteiger partial charge in [-0.2, -0.15) is 0 Å². The van der Waals surface area contributed by atoms with E-state index in [9.17, 15) is 0 Å². The minimum absolute atomic E-state index is 0. The van der Waals surface area contributed by atoms with Gasteiger partial charge in [0.05, 0.1) is 27.3 Å². The number of hydrogen-bond donors (Lipinski definition) is 0. The average molecular weight is 1850 g/mol. The van der Waals surface area contributed by atoms with Crippen molar-refractivity contribution in [3.05, 3.63) is 311 Å². The van der Waals surface area contributed by atoms with Crippen LogP contribution in [-0.4, -0.2) is 46.1 Å². The molecule has 0 aliphatic carbocycles. The van der Waals surface area contributed by atoms with Crippen molar-refractivity contribution in [3.8, 4) is 89.5 Å². The minimum atomic E-state index is -2.50. The SMILES string of the molecule is [2H]C([2H])([2H])c1c[c-]c(-c2ccc(C([2H])([2H])C(C)(C)C)cn2)cc1-c1ccccc1.[2H]C([2H])([2H])c1ccc(-c2[c-]cc(C([2H])([2H])[2H])c(-c3ccccc3)c2)nc1.[2H]C([2H])([2H])c1cnc(-c2[c-]ccc3c2oc2nc(C)ccc23)cc1-c1ccc([Si](C)(C)C)cc1C([2H])([2H])[2H].[2H]C([2H])([2H])c1cnc(-c2[c-]ccc3c2oc2nc(C)ccc23)cc1-c1ccc([Si](C)(C)C)cc1C([2H])([2H])[2H].[Ir].[Ir]. The van der Waals surface area contributed by atoms with Crippen LogP contribution in [0.2, 0.25) is 39.3 Å². The Balaban J connectivity index is 0.000000172. The predicted octanol–water partition coefficient (Wildman–Crippen LogP) is 24.9. The standard InChI is InChI=1S/2C28H27N2OSi.C23H24N.C19H16N.2Ir/c2*1-17-14-20(32(4,5)6)11-13-21(17)25-15-26(29-16-18(25)2)24-9-7-8-22-23-12-10-19(3)30-28(23)31-27(22)24;1-17-10-12-20(14-21(17)19-8-6-5-7-9-19)22-13-11-18(16-24-22)15-23(2,3)4;1-14-8-11-19(20-13-14)17-10-9-15(2)18(12-17)16-6-4-3-5-7-16;;/h2*7-8,10-16H,1-6H3;5-11,13-14,16H,15H2,1-4H3;3-9,11-13H,1-2H3;;/q4*-1;;/i2*1D3,2D3;1D3,15D2;1D3,2D3;;. The Hall–Kier alpha value is -10.0. The summed E-state index contributed by atoms with van der Waals surface area (Å²) in [5.41, 5.74) is 13.0. The summed E-state index contributed by atoms with van der Waals surface area (Å²) in [6, 6.07) is 73.2. The van der Waals surface area contributed by atoms with Crippen LogP contribution in [0.5, 0.6) is 0 Å². The average Bonchev–Trinajstić information content (AvgIpc) is 1.50. The molecule has 16 aromatic rings. The second kappa shape index (κ2) is 34.1. The Morgan fingerprint density at radius 3 is 1.22 bits per heavy atom. The van der Waals surface area contributed by atoms with Crippen molar-refractivity contribution in [1.82, 2.24) is 29.9 Å². The monoisotopic (exact) mass is 1850 g/mol. The smallest absolute Gasteiger partial charge is 0.216 e. The van der Waals surface area contributed by atoms with Crippen molar-refractivity contribution in [2.24, 2.45) is 5.41 Å². The molecule has 0 saturated heterocycles. The molecule has 110 heavy (non-hydrogen) atoms. The first-order chi connectivity index (χ1) is 60.9. The third kappa shape index (κ3) is 18.5. The van der Waals surface area contributed by atoms with E-state index < -0.39 is 75.9 Å². The number of pyridine rings is 6. The molecule has 8 nitrogen and oxygen atoms in total. The molecule has 12 heteroatoms. The first kappa shape index (κ1) is 55.4. The maximum absolute atomic E-state index is 8.39. The van der Waals surface area contributed by atoms with Gasteiger partial charge in [-0.15, -0.1) is 95.1 Å². The van der Waals surface area contributed by atoms with Crippen molar-refractivity contribution in [2.75, 3.05) is 0 Å². The molecule has 0 aliphatic rings. The maximum Gasteiger partial charge on any atom is 0.216 e. The summed E-state index contributed by atoms with van der Waals surface area (Å²) in [6.45, 7) is 5.60. The fraction of sp³-hybridized carbons (Fsp3) is 0.204. The number of furan rings is 2. The van der Waals surface area contributed by atoms with Gasteiger partial charge in [-0.25, -0.2) is 9.97 Å². The van der Waals surface area contributed by atoms with Gasteiger partial charge in [-0.05, 0) is 174 Å². The molecule has 8 heterocycles. The van der Waals surface area contributed by atoms with E-state index in [0.717, 1.165) is 54.4 Å². The largest absolute Gasteiger partial charge is 0.486 e. The fourth-order valence-electron chi connectivity index (χ4n) is 12.5. The van der Waals surface area contributed by atoms with E-state index in [2.05, 4.69) is 93.5 Å². The third-order valence-electron chi connectivity index (χ3n) is 18.2. The third-order valence-corrected chi connectivity index (χ3v) is 22.3. The molecule has 558 valence electrons. The zero-order chi connectivity index (χ0) is 95.6. The Morgan fingerprint density at radius 2 is 0.827 bits per heavy atom. The van der Waals surface area contributed by atoms with E-state index >= 15 is 0 Å². The van der Waals surface area contributed by atoms with E-state index in [-0.39, 0.29) is 79.2 Å². The molecule has 0 aliphatic heterocycles. The van der Waals surface area contributed by atoms with Gasteiger partial charge in [0.15, 0.2) is 0 Å². The van der Waals surface area contributed by atoms with Crippen molar-refractivity contribution in [1.29, 1.82) is 0 Å². The predicted molar refractivity (Wildman–Crippen MR) is 458 cm³/mol. The minimum Gasteiger partial charge on any atom is -0.486 e.